The predicted octanol–water partition coefficient (Wildman–Crippen LogP) is 0.237. The summed E-state index contributed by atoms with van der Waals surface area (Å²) in [6.45, 7) is 0. The largest absolute Gasteiger partial charge is 0.344 e. The van der Waals surface area contributed by atoms with E-state index in [1.54, 1.807) is 0 Å². The summed E-state index contributed by atoms with van der Waals surface area (Å²) in [6, 6.07) is 0. The minimum absolute atomic E-state index is 0. The van der Waals surface area contributed by atoms with Gasteiger partial charge >= 0.3 is 0 Å². The van der Waals surface area contributed by atoms with Crippen molar-refractivity contribution in [3.8, 4) is 0 Å². The zero-order valence-electron chi connectivity index (χ0n) is 5.63. The van der Waals surface area contributed by atoms with Crippen molar-refractivity contribution in [3.05, 3.63) is 0 Å². The zero-order valence-corrected chi connectivity index (χ0v) is 6.45. The van der Waals surface area contributed by atoms with E-state index in [4.69, 9.17) is 0 Å². The maximum atomic E-state index is 9.41. The van der Waals surface area contributed by atoms with Gasteiger partial charge < -0.3 is 6.15 Å². The predicted molar refractivity (Wildman–Crippen MR) is 37.9 cm³/mol. The van der Waals surface area contributed by atoms with Crippen molar-refractivity contribution >= 4 is 10.0 Å². The first kappa shape index (κ1) is 11.6. The zero-order chi connectivity index (χ0) is 6.62. The van der Waals surface area contributed by atoms with Crippen LogP contribution in [-0.2, 0) is 10.0 Å². The molecule has 0 aliphatic heterocycles. The van der Waals surface area contributed by atoms with E-state index < -0.39 is 10.0 Å². The Morgan fingerprint density at radius 2 is 1.33 bits per heavy atom. The van der Waals surface area contributed by atoms with Crippen LogP contribution in [0.4, 0.5) is 0 Å². The van der Waals surface area contributed by atoms with Gasteiger partial charge in [-0.2, -0.15) is 0 Å². The molecule has 9 heavy (non-hydrogen) atoms. The molecule has 0 bridgehead atoms. The summed E-state index contributed by atoms with van der Waals surface area (Å²) in [5.74, 6) is 0. The summed E-state index contributed by atoms with van der Waals surface area (Å²) in [5.41, 5.74) is 0. The van der Waals surface area contributed by atoms with E-state index in [1.165, 1.54) is 19.3 Å². The third-order valence-electron chi connectivity index (χ3n) is 0.354. The van der Waals surface area contributed by atoms with E-state index in [1.807, 2.05) is 0 Å². The van der Waals surface area contributed by atoms with Crippen molar-refractivity contribution in [2.45, 2.75) is 19.3 Å². The van der Waals surface area contributed by atoms with Gasteiger partial charge in [0.05, 0.1) is 6.26 Å². The van der Waals surface area contributed by atoms with Gasteiger partial charge in [0.2, 0.25) is 10.0 Å². The molecule has 0 heterocycles. The van der Waals surface area contributed by atoms with Crippen LogP contribution in [0.2, 0.25) is 0 Å². The summed E-state index contributed by atoms with van der Waals surface area (Å²) < 4.78 is 18.8. The first-order valence-electron chi connectivity index (χ1n) is 2.48. The van der Waals surface area contributed by atoms with Crippen LogP contribution in [0.1, 0.15) is 19.3 Å². The Morgan fingerprint density at radius 3 is 1.33 bits per heavy atom. The summed E-state index contributed by atoms with van der Waals surface area (Å²) in [5, 5.41) is 4.33. The van der Waals surface area contributed by atoms with E-state index in [-0.39, 0.29) is 6.15 Å². The van der Waals surface area contributed by atoms with Crippen LogP contribution in [0.5, 0.6) is 0 Å². The Morgan fingerprint density at radius 1 is 1.22 bits per heavy atom. The van der Waals surface area contributed by atoms with Crippen LogP contribution in [-0.4, -0.2) is 14.7 Å². The third-order valence-corrected chi connectivity index (χ3v) is 0.354. The van der Waals surface area contributed by atoms with Gasteiger partial charge in [-0.3, -0.25) is 0 Å². The van der Waals surface area contributed by atoms with Crippen LogP contribution >= 0.6 is 0 Å². The van der Waals surface area contributed by atoms with Crippen molar-refractivity contribution in [1.82, 2.24) is 6.15 Å². The summed E-state index contributed by atoms with van der Waals surface area (Å²) in [4.78, 5) is 0. The first-order valence-corrected chi connectivity index (χ1v) is 4.43. The summed E-state index contributed by atoms with van der Waals surface area (Å²) in [7, 11) is -3.17. The van der Waals surface area contributed by atoms with Crippen molar-refractivity contribution < 1.29 is 8.42 Å². The molecule has 0 aromatic rings. The Hall–Kier alpha value is -0.130. The Bertz CT molecular complexity index is 128. The second-order valence-corrected chi connectivity index (χ2v) is 3.55. The minimum atomic E-state index is -3.17. The molecule has 1 rings (SSSR count). The molecule has 0 spiro atoms. The SMILES string of the molecule is C1CC1.CS(N)(=O)=O.N. The molecule has 1 saturated carbocycles. The van der Waals surface area contributed by atoms with Crippen molar-refractivity contribution in [2.75, 3.05) is 6.26 Å². The Kier molecular flexibility index (Phi) is 6.11. The van der Waals surface area contributed by atoms with Crippen LogP contribution in [0.15, 0.2) is 0 Å². The molecule has 0 saturated heterocycles. The number of nitrogens with two attached hydrogens (primary N) is 1. The highest BCUT2D eigenvalue weighted by Crippen LogP contribution is 2.14. The molecule has 0 radical (unpaired) electrons. The Labute approximate surface area is 56.1 Å². The topological polar surface area (TPSA) is 95.2 Å². The lowest BCUT2D eigenvalue weighted by molar-refractivity contribution is 0.603. The van der Waals surface area contributed by atoms with E-state index in [2.05, 4.69) is 5.14 Å². The molecule has 1 fully saturated rings. The Balaban J connectivity index is 0. The molecular weight excluding hydrogens is 140 g/mol. The fraction of sp³-hybridized carbons (Fsp3) is 1.00. The second-order valence-electron chi connectivity index (χ2n) is 1.89. The molecule has 1 aliphatic rings. The van der Waals surface area contributed by atoms with Crippen LogP contribution in [0.3, 0.4) is 0 Å². The smallest absolute Gasteiger partial charge is 0.206 e. The average molecular weight is 154 g/mol. The van der Waals surface area contributed by atoms with Crippen molar-refractivity contribution in [3.63, 3.8) is 0 Å². The maximum Gasteiger partial charge on any atom is 0.206 e. The summed E-state index contributed by atoms with van der Waals surface area (Å²) in [6.07, 6.45) is 5.44. The van der Waals surface area contributed by atoms with Gasteiger partial charge in [0.15, 0.2) is 0 Å². The number of hydrogen-bond acceptors (Lipinski definition) is 3. The fourth-order valence-corrected chi connectivity index (χ4v) is 0. The van der Waals surface area contributed by atoms with Gasteiger partial charge in [0.25, 0.3) is 0 Å². The van der Waals surface area contributed by atoms with Gasteiger partial charge in [-0.1, -0.05) is 19.3 Å². The number of primary sulfonamides is 1. The molecule has 1 aliphatic carbocycles. The fourth-order valence-electron chi connectivity index (χ4n) is 0. The molecule has 5 N–H and O–H groups in total. The molecule has 0 aromatic heterocycles. The van der Waals surface area contributed by atoms with Gasteiger partial charge in [-0.05, 0) is 0 Å². The maximum absolute atomic E-state index is 9.41. The van der Waals surface area contributed by atoms with Crippen LogP contribution in [0, 0.1) is 0 Å². The van der Waals surface area contributed by atoms with Crippen molar-refractivity contribution in [2.24, 2.45) is 5.14 Å². The molecule has 5 heteroatoms. The molecule has 58 valence electrons. The highest BCUT2D eigenvalue weighted by Gasteiger charge is 1.95. The van der Waals surface area contributed by atoms with Crippen LogP contribution < -0.4 is 11.3 Å². The normalized spacial score (nSPS) is 14.4. The lowest BCUT2D eigenvalue weighted by atomic mass is 11.0. The van der Waals surface area contributed by atoms with Gasteiger partial charge in [-0.15, -0.1) is 0 Å². The monoisotopic (exact) mass is 154 g/mol. The van der Waals surface area contributed by atoms with E-state index in [9.17, 15) is 8.42 Å². The van der Waals surface area contributed by atoms with E-state index >= 15 is 0 Å². The molecular formula is C4H14N2O2S. The van der Waals surface area contributed by atoms with E-state index in [0.29, 0.717) is 0 Å². The molecule has 0 aromatic carbocycles. The second kappa shape index (κ2) is 4.72. The standard InChI is InChI=1S/C3H6.CH5NO2S.H3N/c1-2-3-1;1-5(2,3)4;/h1-3H2;1H3,(H2,2,3,4);1H3. The lowest BCUT2D eigenvalue weighted by Gasteiger charge is -1.71. The minimum Gasteiger partial charge on any atom is -0.344 e. The first-order chi connectivity index (χ1) is 3.50. The highest BCUT2D eigenvalue weighted by atomic mass is 32.2. The number of rotatable bonds is 0. The van der Waals surface area contributed by atoms with Gasteiger partial charge in [-0.25, -0.2) is 13.6 Å². The summed E-state index contributed by atoms with van der Waals surface area (Å²) >= 11 is 0. The van der Waals surface area contributed by atoms with Gasteiger partial charge in [0.1, 0.15) is 0 Å². The third kappa shape index (κ3) is 358. The molecule has 4 nitrogen and oxygen atoms in total. The average Bonchev–Trinajstić information content (AvgIpc) is 1.95. The van der Waals surface area contributed by atoms with E-state index in [0.717, 1.165) is 6.26 Å². The van der Waals surface area contributed by atoms with Gasteiger partial charge in [0, 0.05) is 0 Å². The van der Waals surface area contributed by atoms with Crippen molar-refractivity contribution in [1.29, 1.82) is 0 Å². The molecule has 0 amide bonds. The number of hydrogen-bond donors (Lipinski definition) is 2. The van der Waals surface area contributed by atoms with Crippen LogP contribution in [0.25, 0.3) is 0 Å². The highest BCUT2D eigenvalue weighted by molar-refractivity contribution is 7.88. The molecule has 0 unspecified atom stereocenters. The lowest BCUT2D eigenvalue weighted by Crippen LogP contribution is -2.07. The quantitative estimate of drug-likeness (QED) is 0.523. The molecule has 0 atom stereocenters. The number of sulfonamides is 1.